The third-order valence-corrected chi connectivity index (χ3v) is 3.90. The van der Waals surface area contributed by atoms with Crippen LogP contribution in [0.4, 0.5) is 0 Å². The smallest absolute Gasteiger partial charge is 0.302 e. The summed E-state index contributed by atoms with van der Waals surface area (Å²) in [6.07, 6.45) is 6.43. The van der Waals surface area contributed by atoms with E-state index in [1.165, 1.54) is 17.3 Å². The first-order valence-electron chi connectivity index (χ1n) is 7.78. The molecule has 0 amide bonds. The minimum atomic E-state index is -0.269. The molecule has 1 N–H and O–H groups in total. The van der Waals surface area contributed by atoms with E-state index in [1.54, 1.807) is 29.3 Å². The molecule has 1 aromatic carbocycles. The molecule has 7 heteroatoms. The zero-order chi connectivity index (χ0) is 17.2. The van der Waals surface area contributed by atoms with Gasteiger partial charge in [-0.25, -0.2) is 0 Å². The molecule has 4 aromatic rings. The van der Waals surface area contributed by atoms with Crippen molar-refractivity contribution in [3.63, 3.8) is 0 Å². The van der Waals surface area contributed by atoms with Gasteiger partial charge in [0.25, 0.3) is 5.56 Å². The molecule has 0 radical (unpaired) electrons. The summed E-state index contributed by atoms with van der Waals surface area (Å²) < 4.78 is 7.41. The Morgan fingerprint density at radius 2 is 2.08 bits per heavy atom. The van der Waals surface area contributed by atoms with Crippen molar-refractivity contribution in [3.05, 3.63) is 76.6 Å². The average Bonchev–Trinajstić information content (AvgIpc) is 3.04. The molecular formula is C18H15N5O2. The van der Waals surface area contributed by atoms with Crippen LogP contribution in [0, 0.1) is 6.92 Å². The maximum absolute atomic E-state index is 12.0. The van der Waals surface area contributed by atoms with Crippen molar-refractivity contribution in [2.75, 3.05) is 0 Å². The minimum Gasteiger partial charge on any atom is -0.422 e. The number of aromatic amines is 1. The van der Waals surface area contributed by atoms with E-state index >= 15 is 0 Å². The zero-order valence-electron chi connectivity index (χ0n) is 13.5. The van der Waals surface area contributed by atoms with Gasteiger partial charge in [0, 0.05) is 6.20 Å². The molecule has 124 valence electrons. The molecule has 0 aliphatic rings. The fraction of sp³-hybridized carbons (Fsp3) is 0.111. The Hall–Kier alpha value is -3.48. The fourth-order valence-electron chi connectivity index (χ4n) is 2.57. The van der Waals surface area contributed by atoms with Crippen molar-refractivity contribution < 1.29 is 4.74 Å². The van der Waals surface area contributed by atoms with Gasteiger partial charge < -0.3 is 4.74 Å². The molecule has 0 bridgehead atoms. The van der Waals surface area contributed by atoms with E-state index in [1.807, 2.05) is 12.1 Å². The number of hydrogen-bond acceptors (Lipinski definition) is 5. The Balaban J connectivity index is 1.57. The SMILES string of the molecule is Cc1ccccc1Cn1cc(Oc2nc3cnccc3c(=O)[nH]2)cn1. The second-order valence-corrected chi connectivity index (χ2v) is 5.67. The van der Waals surface area contributed by atoms with Crippen molar-refractivity contribution in [2.45, 2.75) is 13.5 Å². The molecule has 0 aliphatic carbocycles. The number of nitrogens with zero attached hydrogens (tertiary/aromatic N) is 4. The number of ether oxygens (including phenoxy) is 1. The molecule has 7 nitrogen and oxygen atoms in total. The van der Waals surface area contributed by atoms with Gasteiger partial charge >= 0.3 is 6.01 Å². The molecule has 0 saturated heterocycles. The van der Waals surface area contributed by atoms with Crippen LogP contribution >= 0.6 is 0 Å². The molecule has 4 rings (SSSR count). The normalized spacial score (nSPS) is 10.9. The Bertz CT molecular complexity index is 1100. The lowest BCUT2D eigenvalue weighted by Crippen LogP contribution is -2.09. The van der Waals surface area contributed by atoms with Gasteiger partial charge in [-0.1, -0.05) is 24.3 Å². The number of aryl methyl sites for hydroxylation is 1. The number of rotatable bonds is 4. The maximum atomic E-state index is 12.0. The van der Waals surface area contributed by atoms with Crippen LogP contribution < -0.4 is 10.3 Å². The van der Waals surface area contributed by atoms with E-state index in [2.05, 4.69) is 39.1 Å². The van der Waals surface area contributed by atoms with E-state index < -0.39 is 0 Å². The number of hydrogen-bond donors (Lipinski definition) is 1. The molecule has 25 heavy (non-hydrogen) atoms. The van der Waals surface area contributed by atoms with E-state index in [0.717, 1.165) is 0 Å². The topological polar surface area (TPSA) is 85.7 Å². The highest BCUT2D eigenvalue weighted by Gasteiger charge is 2.08. The summed E-state index contributed by atoms with van der Waals surface area (Å²) in [7, 11) is 0. The van der Waals surface area contributed by atoms with Crippen molar-refractivity contribution in [1.29, 1.82) is 0 Å². The van der Waals surface area contributed by atoms with E-state index in [4.69, 9.17) is 4.74 Å². The van der Waals surface area contributed by atoms with Crippen molar-refractivity contribution in [2.24, 2.45) is 0 Å². The molecule has 0 atom stereocenters. The van der Waals surface area contributed by atoms with Crippen LogP contribution in [0.2, 0.25) is 0 Å². The second kappa shape index (κ2) is 6.20. The van der Waals surface area contributed by atoms with Gasteiger partial charge in [-0.3, -0.25) is 19.4 Å². The van der Waals surface area contributed by atoms with Crippen LogP contribution in [-0.4, -0.2) is 24.7 Å². The predicted octanol–water partition coefficient (Wildman–Crippen LogP) is 2.66. The number of H-pyrrole nitrogens is 1. The molecule has 0 fully saturated rings. The van der Waals surface area contributed by atoms with Crippen molar-refractivity contribution >= 4 is 10.9 Å². The van der Waals surface area contributed by atoms with Gasteiger partial charge in [0.2, 0.25) is 0 Å². The van der Waals surface area contributed by atoms with E-state index in [9.17, 15) is 4.79 Å². The van der Waals surface area contributed by atoms with Gasteiger partial charge in [-0.05, 0) is 24.1 Å². The number of nitrogens with one attached hydrogen (secondary N) is 1. The van der Waals surface area contributed by atoms with Gasteiger partial charge in [0.1, 0.15) is 0 Å². The maximum Gasteiger partial charge on any atom is 0.302 e. The quantitative estimate of drug-likeness (QED) is 0.620. The summed E-state index contributed by atoms with van der Waals surface area (Å²) in [6, 6.07) is 9.86. The average molecular weight is 333 g/mol. The second-order valence-electron chi connectivity index (χ2n) is 5.67. The third kappa shape index (κ3) is 3.12. The molecule has 3 aromatic heterocycles. The Kier molecular flexibility index (Phi) is 3.74. The Labute approximate surface area is 142 Å². The van der Waals surface area contributed by atoms with Crippen LogP contribution in [0.3, 0.4) is 0 Å². The summed E-state index contributed by atoms with van der Waals surface area (Å²) in [5.41, 5.74) is 2.59. The number of aromatic nitrogens is 5. The zero-order valence-corrected chi connectivity index (χ0v) is 13.5. The number of pyridine rings is 1. The van der Waals surface area contributed by atoms with Gasteiger partial charge in [0.05, 0.1) is 36.0 Å². The molecular weight excluding hydrogens is 318 g/mol. The van der Waals surface area contributed by atoms with E-state index in [-0.39, 0.29) is 11.6 Å². The van der Waals surface area contributed by atoms with Crippen molar-refractivity contribution in [3.8, 4) is 11.8 Å². The highest BCUT2D eigenvalue weighted by atomic mass is 16.5. The van der Waals surface area contributed by atoms with Crippen LogP contribution in [0.1, 0.15) is 11.1 Å². The Morgan fingerprint density at radius 1 is 1.20 bits per heavy atom. The van der Waals surface area contributed by atoms with Crippen LogP contribution in [0.15, 0.2) is 59.9 Å². The summed E-state index contributed by atoms with van der Waals surface area (Å²) in [5.74, 6) is 0.500. The molecule has 0 saturated carbocycles. The largest absolute Gasteiger partial charge is 0.422 e. The lowest BCUT2D eigenvalue weighted by atomic mass is 10.1. The molecule has 0 aliphatic heterocycles. The number of benzene rings is 1. The molecule has 0 spiro atoms. The summed E-state index contributed by atoms with van der Waals surface area (Å²) in [6.45, 7) is 2.70. The summed E-state index contributed by atoms with van der Waals surface area (Å²) in [5, 5.41) is 4.76. The van der Waals surface area contributed by atoms with E-state index in [0.29, 0.717) is 23.2 Å². The first-order chi connectivity index (χ1) is 12.2. The third-order valence-electron chi connectivity index (χ3n) is 3.90. The van der Waals surface area contributed by atoms with Crippen LogP contribution in [-0.2, 0) is 6.54 Å². The summed E-state index contributed by atoms with van der Waals surface area (Å²) >= 11 is 0. The van der Waals surface area contributed by atoms with Gasteiger partial charge in [-0.2, -0.15) is 10.1 Å². The van der Waals surface area contributed by atoms with Gasteiger partial charge in [0.15, 0.2) is 5.75 Å². The molecule has 0 unspecified atom stereocenters. The lowest BCUT2D eigenvalue weighted by Gasteiger charge is -2.05. The Morgan fingerprint density at radius 3 is 2.96 bits per heavy atom. The van der Waals surface area contributed by atoms with Gasteiger partial charge in [-0.15, -0.1) is 0 Å². The van der Waals surface area contributed by atoms with Crippen molar-refractivity contribution in [1.82, 2.24) is 24.7 Å². The summed E-state index contributed by atoms with van der Waals surface area (Å²) in [4.78, 5) is 22.9. The minimum absolute atomic E-state index is 0.112. The first-order valence-corrected chi connectivity index (χ1v) is 7.78. The van der Waals surface area contributed by atoms with Crippen LogP contribution in [0.5, 0.6) is 11.8 Å². The number of fused-ring (bicyclic) bond motifs is 1. The fourth-order valence-corrected chi connectivity index (χ4v) is 2.57. The highest BCUT2D eigenvalue weighted by Crippen LogP contribution is 2.18. The lowest BCUT2D eigenvalue weighted by molar-refractivity contribution is 0.442. The first kappa shape index (κ1) is 15.1. The molecule has 3 heterocycles. The van der Waals surface area contributed by atoms with Crippen LogP contribution in [0.25, 0.3) is 10.9 Å². The predicted molar refractivity (Wildman–Crippen MR) is 92.7 cm³/mol. The highest BCUT2D eigenvalue weighted by molar-refractivity contribution is 5.76. The standard InChI is InChI=1S/C18H15N5O2/c1-12-4-2-3-5-13(12)10-23-11-14(8-20-23)25-18-21-16-9-19-7-6-15(16)17(24)22-18/h2-9,11H,10H2,1H3,(H,21,22,24). The monoisotopic (exact) mass is 333 g/mol.